The van der Waals surface area contributed by atoms with E-state index < -0.39 is 0 Å². The number of anilines is 1. The van der Waals surface area contributed by atoms with E-state index in [9.17, 15) is 4.79 Å². The molecule has 1 aliphatic heterocycles. The third-order valence-corrected chi connectivity index (χ3v) is 6.05. The van der Waals surface area contributed by atoms with Gasteiger partial charge in [0.25, 0.3) is 5.56 Å². The third-order valence-electron chi connectivity index (χ3n) is 6.05. The summed E-state index contributed by atoms with van der Waals surface area (Å²) in [5, 5.41) is 20.0. The van der Waals surface area contributed by atoms with E-state index in [1.807, 2.05) is 37.3 Å². The van der Waals surface area contributed by atoms with Crippen LogP contribution in [0.25, 0.3) is 28.1 Å². The summed E-state index contributed by atoms with van der Waals surface area (Å²) in [5.41, 5.74) is 4.04. The molecule has 0 unspecified atom stereocenters. The SMILES string of the molecule is Cc1ccc(-c2cc3c(=O)n(-c4ccc(NCCN5CCCC5)c(C=N)c4)ccc3o2)nn1. The van der Waals surface area contributed by atoms with Crippen LogP contribution >= 0.6 is 0 Å². The predicted octanol–water partition coefficient (Wildman–Crippen LogP) is 3.85. The summed E-state index contributed by atoms with van der Waals surface area (Å²) in [6.45, 7) is 6.01. The lowest BCUT2D eigenvalue weighted by molar-refractivity contribution is 0.352. The Morgan fingerprint density at radius 2 is 1.97 bits per heavy atom. The summed E-state index contributed by atoms with van der Waals surface area (Å²) in [5.74, 6) is 0.505. The molecule has 4 heterocycles. The number of furan rings is 1. The number of likely N-dealkylation sites (tertiary alicyclic amines) is 1. The van der Waals surface area contributed by atoms with Crippen LogP contribution in [-0.4, -0.2) is 52.1 Å². The minimum Gasteiger partial charge on any atom is -0.454 e. The molecule has 8 heteroatoms. The maximum absolute atomic E-state index is 13.2. The molecule has 0 radical (unpaired) electrons. The number of fused-ring (bicyclic) bond motifs is 1. The van der Waals surface area contributed by atoms with E-state index in [2.05, 4.69) is 20.4 Å². The second-order valence-corrected chi connectivity index (χ2v) is 8.33. The topological polar surface area (TPSA) is 100 Å². The van der Waals surface area contributed by atoms with Crippen molar-refractivity contribution in [3.8, 4) is 17.1 Å². The van der Waals surface area contributed by atoms with Crippen LogP contribution in [0.2, 0.25) is 0 Å². The number of aryl methyl sites for hydroxylation is 1. The first-order valence-electron chi connectivity index (χ1n) is 11.2. The second-order valence-electron chi connectivity index (χ2n) is 8.33. The fourth-order valence-corrected chi connectivity index (χ4v) is 4.23. The molecule has 0 saturated carbocycles. The first-order valence-corrected chi connectivity index (χ1v) is 11.2. The summed E-state index contributed by atoms with van der Waals surface area (Å²) in [7, 11) is 0. The number of hydrogen-bond acceptors (Lipinski definition) is 7. The molecule has 0 amide bonds. The molecular weight excluding hydrogens is 416 g/mol. The highest BCUT2D eigenvalue weighted by Crippen LogP contribution is 2.25. The molecule has 1 saturated heterocycles. The predicted molar refractivity (Wildman–Crippen MR) is 130 cm³/mol. The Morgan fingerprint density at radius 3 is 2.73 bits per heavy atom. The highest BCUT2D eigenvalue weighted by molar-refractivity contribution is 5.87. The van der Waals surface area contributed by atoms with Gasteiger partial charge >= 0.3 is 0 Å². The minimum atomic E-state index is -0.187. The zero-order valence-corrected chi connectivity index (χ0v) is 18.5. The first kappa shape index (κ1) is 21.1. The molecule has 1 fully saturated rings. The quantitative estimate of drug-likeness (QED) is 0.422. The normalized spacial score (nSPS) is 14.1. The van der Waals surface area contributed by atoms with Gasteiger partial charge in [-0.15, -0.1) is 5.10 Å². The number of hydrogen-bond donors (Lipinski definition) is 2. The second kappa shape index (κ2) is 8.99. The van der Waals surface area contributed by atoms with E-state index in [4.69, 9.17) is 9.83 Å². The lowest BCUT2D eigenvalue weighted by Gasteiger charge is -2.17. The van der Waals surface area contributed by atoms with Crippen LogP contribution in [0.4, 0.5) is 5.69 Å². The molecule has 1 aliphatic rings. The summed E-state index contributed by atoms with van der Waals surface area (Å²) in [6, 6.07) is 12.8. The van der Waals surface area contributed by atoms with E-state index in [1.54, 1.807) is 22.9 Å². The van der Waals surface area contributed by atoms with E-state index in [0.29, 0.717) is 28.1 Å². The van der Waals surface area contributed by atoms with Crippen LogP contribution in [0, 0.1) is 12.3 Å². The van der Waals surface area contributed by atoms with Crippen molar-refractivity contribution in [1.82, 2.24) is 19.7 Å². The molecule has 1 aromatic carbocycles. The number of rotatable bonds is 7. The lowest BCUT2D eigenvalue weighted by atomic mass is 10.1. The van der Waals surface area contributed by atoms with Crippen molar-refractivity contribution in [1.29, 1.82) is 5.41 Å². The zero-order chi connectivity index (χ0) is 22.8. The Morgan fingerprint density at radius 1 is 1.12 bits per heavy atom. The standard InChI is InChI=1S/C25H26N6O2/c1-17-4-6-22(29-28-17)24-15-20-23(33-24)8-12-31(25(20)32)19-5-7-21(18(14-19)16-26)27-9-13-30-10-2-3-11-30/h4-8,12,14-16,26-27H,2-3,9-11,13H2,1H3. The largest absolute Gasteiger partial charge is 0.454 e. The third kappa shape index (κ3) is 4.29. The monoisotopic (exact) mass is 442 g/mol. The molecule has 0 aliphatic carbocycles. The number of aromatic nitrogens is 3. The Balaban J connectivity index is 1.41. The van der Waals surface area contributed by atoms with Crippen molar-refractivity contribution in [2.45, 2.75) is 19.8 Å². The van der Waals surface area contributed by atoms with Crippen molar-refractivity contribution in [3.63, 3.8) is 0 Å². The molecule has 5 rings (SSSR count). The van der Waals surface area contributed by atoms with Gasteiger partial charge in [0.15, 0.2) is 5.76 Å². The van der Waals surface area contributed by atoms with Crippen molar-refractivity contribution >= 4 is 22.9 Å². The van der Waals surface area contributed by atoms with Crippen LogP contribution in [-0.2, 0) is 0 Å². The van der Waals surface area contributed by atoms with Crippen LogP contribution in [0.15, 0.2) is 57.9 Å². The van der Waals surface area contributed by atoms with Crippen molar-refractivity contribution in [3.05, 3.63) is 70.3 Å². The highest BCUT2D eigenvalue weighted by Gasteiger charge is 2.14. The summed E-state index contributed by atoms with van der Waals surface area (Å²) in [6.07, 6.45) is 5.56. The van der Waals surface area contributed by atoms with Crippen LogP contribution in [0.3, 0.4) is 0 Å². The van der Waals surface area contributed by atoms with E-state index in [1.165, 1.54) is 19.1 Å². The molecule has 8 nitrogen and oxygen atoms in total. The van der Waals surface area contributed by atoms with E-state index in [-0.39, 0.29) is 5.56 Å². The van der Waals surface area contributed by atoms with Gasteiger partial charge in [0, 0.05) is 42.4 Å². The van der Waals surface area contributed by atoms with Crippen molar-refractivity contribution in [2.24, 2.45) is 0 Å². The fourth-order valence-electron chi connectivity index (χ4n) is 4.23. The lowest BCUT2D eigenvalue weighted by Crippen LogP contribution is -2.26. The highest BCUT2D eigenvalue weighted by atomic mass is 16.3. The molecule has 0 bridgehead atoms. The fraction of sp³-hybridized carbons (Fsp3) is 0.280. The van der Waals surface area contributed by atoms with E-state index >= 15 is 0 Å². The number of nitrogens with zero attached hydrogens (tertiary/aromatic N) is 4. The Kier molecular flexibility index (Phi) is 5.75. The Hall–Kier alpha value is -3.78. The molecule has 168 valence electrons. The average Bonchev–Trinajstić information content (AvgIpc) is 3.51. The molecule has 0 atom stereocenters. The molecule has 3 aromatic heterocycles. The van der Waals surface area contributed by atoms with Crippen LogP contribution in [0.5, 0.6) is 0 Å². The van der Waals surface area contributed by atoms with Gasteiger partial charge < -0.3 is 20.0 Å². The zero-order valence-electron chi connectivity index (χ0n) is 18.5. The minimum absolute atomic E-state index is 0.187. The van der Waals surface area contributed by atoms with Gasteiger partial charge in [-0.05, 0) is 75.3 Å². The molecule has 0 spiro atoms. The molecule has 2 N–H and O–H groups in total. The van der Waals surface area contributed by atoms with Gasteiger partial charge in [0.05, 0.1) is 11.1 Å². The van der Waals surface area contributed by atoms with Gasteiger partial charge in [0.1, 0.15) is 11.3 Å². The molecular formula is C25H26N6O2. The number of benzene rings is 1. The first-order chi connectivity index (χ1) is 16.1. The Labute approximate surface area is 191 Å². The van der Waals surface area contributed by atoms with Gasteiger partial charge in [-0.3, -0.25) is 9.36 Å². The summed E-state index contributed by atoms with van der Waals surface area (Å²) < 4.78 is 7.42. The van der Waals surface area contributed by atoms with Gasteiger partial charge in [-0.1, -0.05) is 0 Å². The van der Waals surface area contributed by atoms with Gasteiger partial charge in [-0.2, -0.15) is 5.10 Å². The van der Waals surface area contributed by atoms with Crippen LogP contribution < -0.4 is 10.9 Å². The summed E-state index contributed by atoms with van der Waals surface area (Å²) in [4.78, 5) is 15.7. The molecule has 4 aromatic rings. The Bertz CT molecular complexity index is 1350. The van der Waals surface area contributed by atoms with Crippen molar-refractivity contribution < 1.29 is 4.42 Å². The smallest absolute Gasteiger partial charge is 0.266 e. The van der Waals surface area contributed by atoms with Crippen LogP contribution in [0.1, 0.15) is 24.1 Å². The number of pyridine rings is 1. The van der Waals surface area contributed by atoms with Gasteiger partial charge in [0.2, 0.25) is 0 Å². The van der Waals surface area contributed by atoms with Crippen molar-refractivity contribution in [2.75, 3.05) is 31.5 Å². The van der Waals surface area contributed by atoms with E-state index in [0.717, 1.165) is 43.1 Å². The number of nitrogens with one attached hydrogen (secondary N) is 2. The van der Waals surface area contributed by atoms with Gasteiger partial charge in [-0.25, -0.2) is 0 Å². The summed E-state index contributed by atoms with van der Waals surface area (Å²) >= 11 is 0. The molecule has 33 heavy (non-hydrogen) atoms. The maximum Gasteiger partial charge on any atom is 0.266 e. The maximum atomic E-state index is 13.2. The average molecular weight is 443 g/mol.